The number of nitrogens with zero attached hydrogens (tertiary/aromatic N) is 4. The van der Waals surface area contributed by atoms with Crippen molar-refractivity contribution in [3.63, 3.8) is 0 Å². The lowest BCUT2D eigenvalue weighted by Crippen LogP contribution is -2.24. The number of fused-ring (bicyclic) bond motifs is 1. The van der Waals surface area contributed by atoms with Crippen molar-refractivity contribution in [2.75, 3.05) is 17.2 Å². The maximum absolute atomic E-state index is 10.2. The molecule has 3 aromatic rings. The molecule has 2 aromatic heterocycles. The van der Waals surface area contributed by atoms with Gasteiger partial charge in [-0.2, -0.15) is 9.97 Å². The molecule has 4 rings (SSSR count). The quantitative estimate of drug-likeness (QED) is 0.405. The summed E-state index contributed by atoms with van der Waals surface area (Å²) in [6, 6.07) is 5.51. The van der Waals surface area contributed by atoms with Crippen LogP contribution in [-0.4, -0.2) is 42.4 Å². The van der Waals surface area contributed by atoms with Crippen LogP contribution in [0.25, 0.3) is 11.2 Å². The second kappa shape index (κ2) is 9.70. The molecule has 8 nitrogen and oxygen atoms in total. The van der Waals surface area contributed by atoms with Gasteiger partial charge in [-0.3, -0.25) is 0 Å². The average Bonchev–Trinajstić information content (AvgIpc) is 3.23. The van der Waals surface area contributed by atoms with Crippen LogP contribution in [0.1, 0.15) is 57.1 Å². The fraction of sp³-hybridized carbons (Fsp3) is 0.500. The summed E-state index contributed by atoms with van der Waals surface area (Å²) in [5.41, 5.74) is 2.13. The number of benzene rings is 1. The number of phenolic OH excluding ortho intramolecular Hbond substituents is 1. The number of aromatic hydroxyl groups is 1. The van der Waals surface area contributed by atoms with Gasteiger partial charge in [-0.1, -0.05) is 49.9 Å². The minimum Gasteiger partial charge on any atom is -0.506 e. The molecule has 31 heavy (non-hydrogen) atoms. The molecule has 1 aliphatic rings. The number of halogens is 1. The summed E-state index contributed by atoms with van der Waals surface area (Å²) in [5, 5.41) is 26.7. The van der Waals surface area contributed by atoms with E-state index in [-0.39, 0.29) is 18.4 Å². The van der Waals surface area contributed by atoms with Gasteiger partial charge >= 0.3 is 0 Å². The number of anilines is 2. The lowest BCUT2D eigenvalue weighted by molar-refractivity contribution is 0.271. The second-order valence-corrected chi connectivity index (χ2v) is 8.45. The summed E-state index contributed by atoms with van der Waals surface area (Å²) < 4.78 is 2.16. The van der Waals surface area contributed by atoms with Crippen LogP contribution >= 0.6 is 11.6 Å². The molecular weight excluding hydrogens is 416 g/mol. The zero-order chi connectivity index (χ0) is 21.8. The number of hydrogen-bond donors (Lipinski definition) is 4. The maximum atomic E-state index is 10.2. The van der Waals surface area contributed by atoms with Crippen LogP contribution in [0.2, 0.25) is 5.02 Å². The Bertz CT molecular complexity index is 1030. The average molecular weight is 445 g/mol. The first-order valence-electron chi connectivity index (χ1n) is 10.9. The summed E-state index contributed by atoms with van der Waals surface area (Å²) in [5.74, 6) is 1.08. The van der Waals surface area contributed by atoms with Gasteiger partial charge in [0, 0.05) is 18.2 Å². The molecule has 0 bridgehead atoms. The summed E-state index contributed by atoms with van der Waals surface area (Å²) in [6.07, 6.45) is 8.53. The zero-order valence-electron chi connectivity index (χ0n) is 17.7. The maximum Gasteiger partial charge on any atom is 0.227 e. The van der Waals surface area contributed by atoms with Crippen molar-refractivity contribution in [3.05, 3.63) is 35.1 Å². The number of rotatable bonds is 8. The third-order valence-electron chi connectivity index (χ3n) is 5.95. The zero-order valence-corrected chi connectivity index (χ0v) is 18.4. The Morgan fingerprint density at radius 1 is 1.23 bits per heavy atom. The van der Waals surface area contributed by atoms with E-state index in [4.69, 9.17) is 16.6 Å². The van der Waals surface area contributed by atoms with Crippen molar-refractivity contribution < 1.29 is 10.2 Å². The van der Waals surface area contributed by atoms with Crippen LogP contribution in [-0.2, 0) is 6.54 Å². The van der Waals surface area contributed by atoms with Crippen molar-refractivity contribution in [1.82, 2.24) is 19.5 Å². The normalized spacial score (nSPS) is 15.8. The number of hydrogen-bond acceptors (Lipinski definition) is 7. The van der Waals surface area contributed by atoms with Crippen molar-refractivity contribution in [3.8, 4) is 5.75 Å². The first kappa shape index (κ1) is 21.6. The van der Waals surface area contributed by atoms with Gasteiger partial charge in [0.25, 0.3) is 0 Å². The van der Waals surface area contributed by atoms with Crippen LogP contribution in [0.5, 0.6) is 5.75 Å². The highest BCUT2D eigenvalue weighted by Crippen LogP contribution is 2.33. The van der Waals surface area contributed by atoms with E-state index in [2.05, 4.69) is 25.2 Å². The summed E-state index contributed by atoms with van der Waals surface area (Å²) >= 11 is 6.04. The van der Waals surface area contributed by atoms with E-state index in [0.29, 0.717) is 40.5 Å². The Morgan fingerprint density at radius 3 is 2.77 bits per heavy atom. The Labute approximate surface area is 186 Å². The predicted molar refractivity (Wildman–Crippen MR) is 123 cm³/mol. The van der Waals surface area contributed by atoms with Crippen molar-refractivity contribution in [2.45, 2.75) is 64.1 Å². The van der Waals surface area contributed by atoms with Gasteiger partial charge < -0.3 is 25.4 Å². The van der Waals surface area contributed by atoms with Gasteiger partial charge in [0.05, 0.1) is 24.0 Å². The predicted octanol–water partition coefficient (Wildman–Crippen LogP) is 4.49. The molecule has 1 unspecified atom stereocenters. The molecule has 9 heteroatoms. The van der Waals surface area contributed by atoms with E-state index < -0.39 is 0 Å². The van der Waals surface area contributed by atoms with Crippen molar-refractivity contribution in [2.24, 2.45) is 0 Å². The molecule has 166 valence electrons. The van der Waals surface area contributed by atoms with Gasteiger partial charge in [-0.05, 0) is 25.3 Å². The van der Waals surface area contributed by atoms with Gasteiger partial charge in [0.1, 0.15) is 5.75 Å². The molecule has 0 saturated heterocycles. The Morgan fingerprint density at radius 2 is 2.03 bits per heavy atom. The van der Waals surface area contributed by atoms with Crippen LogP contribution < -0.4 is 10.6 Å². The highest BCUT2D eigenvalue weighted by atomic mass is 35.5. The van der Waals surface area contributed by atoms with E-state index in [9.17, 15) is 10.2 Å². The number of nitrogens with one attached hydrogen (secondary N) is 2. The van der Waals surface area contributed by atoms with Gasteiger partial charge in [0.15, 0.2) is 17.0 Å². The molecule has 1 aromatic carbocycles. The molecular formula is C22H29ClN6O2. The molecule has 4 N–H and O–H groups in total. The second-order valence-electron chi connectivity index (χ2n) is 8.04. The molecule has 2 heterocycles. The van der Waals surface area contributed by atoms with Crippen LogP contribution in [0, 0.1) is 0 Å². The summed E-state index contributed by atoms with van der Waals surface area (Å²) in [6.45, 7) is 2.34. The number of aliphatic hydroxyl groups excluding tert-OH is 1. The van der Waals surface area contributed by atoms with Crippen LogP contribution in [0.15, 0.2) is 24.5 Å². The molecule has 1 saturated carbocycles. The summed E-state index contributed by atoms with van der Waals surface area (Å²) in [4.78, 5) is 14.0. The van der Waals surface area contributed by atoms with Crippen LogP contribution in [0.3, 0.4) is 0 Å². The molecule has 0 spiro atoms. The number of para-hydroxylation sites is 1. The number of aliphatic hydroxyl groups is 1. The number of imidazole rings is 1. The fourth-order valence-electron chi connectivity index (χ4n) is 4.07. The molecule has 0 radical (unpaired) electrons. The van der Waals surface area contributed by atoms with E-state index in [1.165, 1.54) is 19.3 Å². The number of aromatic nitrogens is 4. The van der Waals surface area contributed by atoms with E-state index in [1.54, 1.807) is 12.1 Å². The lowest BCUT2D eigenvalue weighted by atomic mass is 9.95. The van der Waals surface area contributed by atoms with E-state index in [1.807, 2.05) is 19.3 Å². The standard InChI is InChI=1S/C22H29ClN6O2/c1-2-15(12-30)26-22-27-20(24-11-14-7-6-10-17(23)19(14)31)18-21(28-22)29(13-25-18)16-8-4-3-5-9-16/h6-7,10,13,15-16,30-31H,2-5,8-9,11-12H2,1H3,(H2,24,26,27,28). The van der Waals surface area contributed by atoms with Crippen LogP contribution in [0.4, 0.5) is 11.8 Å². The first-order valence-corrected chi connectivity index (χ1v) is 11.3. The largest absolute Gasteiger partial charge is 0.506 e. The SMILES string of the molecule is CCC(CO)Nc1nc(NCc2cccc(Cl)c2O)c2ncn(C3CCCCC3)c2n1. The topological polar surface area (TPSA) is 108 Å². The molecule has 0 amide bonds. The highest BCUT2D eigenvalue weighted by molar-refractivity contribution is 6.32. The number of phenols is 1. The third-order valence-corrected chi connectivity index (χ3v) is 6.26. The van der Waals surface area contributed by atoms with Gasteiger partial charge in [-0.15, -0.1) is 0 Å². The Hall–Kier alpha value is -2.58. The van der Waals surface area contributed by atoms with Gasteiger partial charge in [-0.25, -0.2) is 4.98 Å². The summed E-state index contributed by atoms with van der Waals surface area (Å²) in [7, 11) is 0. The lowest BCUT2D eigenvalue weighted by Gasteiger charge is -2.23. The Balaban J connectivity index is 1.69. The minimum atomic E-state index is -0.131. The monoisotopic (exact) mass is 444 g/mol. The first-order chi connectivity index (χ1) is 15.1. The molecule has 1 aliphatic carbocycles. The van der Waals surface area contributed by atoms with E-state index >= 15 is 0 Å². The van der Waals surface area contributed by atoms with Crippen molar-refractivity contribution in [1.29, 1.82) is 0 Å². The smallest absolute Gasteiger partial charge is 0.227 e. The highest BCUT2D eigenvalue weighted by Gasteiger charge is 2.21. The Kier molecular flexibility index (Phi) is 6.77. The molecule has 1 atom stereocenters. The minimum absolute atomic E-state index is 0.00106. The van der Waals surface area contributed by atoms with Gasteiger partial charge in [0.2, 0.25) is 5.95 Å². The molecule has 0 aliphatic heterocycles. The molecule has 1 fully saturated rings. The third kappa shape index (κ3) is 4.70. The van der Waals surface area contributed by atoms with E-state index in [0.717, 1.165) is 24.9 Å². The van der Waals surface area contributed by atoms with Crippen molar-refractivity contribution >= 4 is 34.5 Å². The fourth-order valence-corrected chi connectivity index (χ4v) is 4.27.